The van der Waals surface area contributed by atoms with E-state index in [1.54, 1.807) is 34.5 Å². The molecule has 0 aliphatic carbocycles. The number of thiophene rings is 1. The largest absolute Gasteiger partial charge is 0.331 e. The van der Waals surface area contributed by atoms with Crippen LogP contribution in [0.3, 0.4) is 0 Å². The van der Waals surface area contributed by atoms with E-state index in [4.69, 9.17) is 0 Å². The van der Waals surface area contributed by atoms with Crippen LogP contribution in [0.4, 0.5) is 10.1 Å². The molecule has 0 bridgehead atoms. The number of fused-ring (bicyclic) bond motifs is 1. The predicted molar refractivity (Wildman–Crippen MR) is 121 cm³/mol. The highest BCUT2D eigenvalue weighted by Gasteiger charge is 2.17. The predicted octanol–water partition coefficient (Wildman–Crippen LogP) is 5.39. The fourth-order valence-corrected chi connectivity index (χ4v) is 4.46. The third kappa shape index (κ3) is 4.13. The van der Waals surface area contributed by atoms with Crippen LogP contribution in [0.2, 0.25) is 0 Å². The summed E-state index contributed by atoms with van der Waals surface area (Å²) in [5.41, 5.74) is 4.17. The SMILES string of the molecule is O=C(Nc1cnn(Cc2cccc(F)c2)c1)c1cc2sccc2n1Cc1ccccc1. The van der Waals surface area contributed by atoms with Crippen LogP contribution in [0.5, 0.6) is 0 Å². The van der Waals surface area contributed by atoms with Gasteiger partial charge in [-0.05, 0) is 40.8 Å². The van der Waals surface area contributed by atoms with E-state index in [1.807, 2.05) is 46.3 Å². The lowest BCUT2D eigenvalue weighted by Crippen LogP contribution is -2.17. The number of rotatable bonds is 6. The minimum Gasteiger partial charge on any atom is -0.331 e. The number of carbonyl (C=O) groups excluding carboxylic acids is 1. The van der Waals surface area contributed by atoms with Crippen LogP contribution in [0.1, 0.15) is 21.6 Å². The monoisotopic (exact) mass is 430 g/mol. The number of hydrogen-bond donors (Lipinski definition) is 1. The molecule has 0 spiro atoms. The van der Waals surface area contributed by atoms with Crippen molar-refractivity contribution in [2.24, 2.45) is 0 Å². The van der Waals surface area contributed by atoms with Crippen LogP contribution in [-0.4, -0.2) is 20.3 Å². The Bertz CT molecular complexity index is 1350. The molecular formula is C24H19FN4OS. The Kier molecular flexibility index (Phi) is 5.09. The molecule has 0 fully saturated rings. The topological polar surface area (TPSA) is 51.9 Å². The summed E-state index contributed by atoms with van der Waals surface area (Å²) in [6.45, 7) is 1.04. The van der Waals surface area contributed by atoms with Gasteiger partial charge in [0.05, 0.1) is 28.6 Å². The van der Waals surface area contributed by atoms with Crippen molar-refractivity contribution >= 4 is 33.1 Å². The van der Waals surface area contributed by atoms with E-state index < -0.39 is 0 Å². The molecule has 0 saturated heterocycles. The van der Waals surface area contributed by atoms with Crippen molar-refractivity contribution < 1.29 is 9.18 Å². The number of benzene rings is 2. The zero-order chi connectivity index (χ0) is 21.2. The molecular weight excluding hydrogens is 411 g/mol. The lowest BCUT2D eigenvalue weighted by atomic mass is 10.2. The number of nitrogens with one attached hydrogen (secondary N) is 1. The molecule has 1 amide bonds. The fourth-order valence-electron chi connectivity index (χ4n) is 3.63. The van der Waals surface area contributed by atoms with Crippen molar-refractivity contribution in [1.29, 1.82) is 0 Å². The molecule has 1 N–H and O–H groups in total. The Labute approximate surface area is 182 Å². The maximum Gasteiger partial charge on any atom is 0.272 e. The smallest absolute Gasteiger partial charge is 0.272 e. The summed E-state index contributed by atoms with van der Waals surface area (Å²) >= 11 is 1.62. The molecule has 3 aromatic heterocycles. The summed E-state index contributed by atoms with van der Waals surface area (Å²) < 4.78 is 18.2. The maximum absolute atomic E-state index is 13.4. The second-order valence-electron chi connectivity index (χ2n) is 7.28. The second kappa shape index (κ2) is 8.20. The number of nitrogens with zero attached hydrogens (tertiary/aromatic N) is 3. The summed E-state index contributed by atoms with van der Waals surface area (Å²) in [6, 6.07) is 20.4. The van der Waals surface area contributed by atoms with Gasteiger partial charge in [-0.25, -0.2) is 4.39 Å². The summed E-state index contributed by atoms with van der Waals surface area (Å²) in [5, 5.41) is 9.26. The molecule has 7 heteroatoms. The van der Waals surface area contributed by atoms with Crippen molar-refractivity contribution in [3.05, 3.63) is 107 Å². The molecule has 5 nitrogen and oxygen atoms in total. The fraction of sp³-hybridized carbons (Fsp3) is 0.0833. The number of halogens is 1. The van der Waals surface area contributed by atoms with Crippen molar-refractivity contribution in [3.63, 3.8) is 0 Å². The van der Waals surface area contributed by atoms with Gasteiger partial charge in [-0.15, -0.1) is 11.3 Å². The minimum atomic E-state index is -0.280. The molecule has 0 saturated carbocycles. The average Bonchev–Trinajstić information content (AvgIpc) is 3.47. The van der Waals surface area contributed by atoms with Gasteiger partial charge in [0, 0.05) is 12.7 Å². The van der Waals surface area contributed by atoms with Gasteiger partial charge in [0.15, 0.2) is 0 Å². The van der Waals surface area contributed by atoms with E-state index >= 15 is 0 Å². The molecule has 3 heterocycles. The second-order valence-corrected chi connectivity index (χ2v) is 8.23. The molecule has 0 aliphatic heterocycles. The lowest BCUT2D eigenvalue weighted by Gasteiger charge is -2.10. The van der Waals surface area contributed by atoms with Gasteiger partial charge in [0.1, 0.15) is 11.5 Å². The van der Waals surface area contributed by atoms with Crippen molar-refractivity contribution in [2.75, 3.05) is 5.32 Å². The van der Waals surface area contributed by atoms with E-state index in [1.165, 1.54) is 12.1 Å². The number of anilines is 1. The number of amides is 1. The highest BCUT2D eigenvalue weighted by Crippen LogP contribution is 2.27. The zero-order valence-corrected chi connectivity index (χ0v) is 17.3. The third-order valence-corrected chi connectivity index (χ3v) is 5.92. The normalized spacial score (nSPS) is 11.1. The molecule has 0 unspecified atom stereocenters. The Hall–Kier alpha value is -3.71. The van der Waals surface area contributed by atoms with Gasteiger partial charge >= 0.3 is 0 Å². The molecule has 0 radical (unpaired) electrons. The number of aromatic nitrogens is 3. The van der Waals surface area contributed by atoms with Crippen LogP contribution >= 0.6 is 11.3 Å². The molecule has 31 heavy (non-hydrogen) atoms. The van der Waals surface area contributed by atoms with E-state index in [-0.39, 0.29) is 11.7 Å². The lowest BCUT2D eigenvalue weighted by molar-refractivity contribution is 0.101. The summed E-state index contributed by atoms with van der Waals surface area (Å²) in [5.74, 6) is -0.470. The summed E-state index contributed by atoms with van der Waals surface area (Å²) in [4.78, 5) is 13.1. The Morgan fingerprint density at radius 1 is 1.00 bits per heavy atom. The third-order valence-electron chi connectivity index (χ3n) is 5.06. The first-order chi connectivity index (χ1) is 15.2. The number of hydrogen-bond acceptors (Lipinski definition) is 3. The molecule has 5 rings (SSSR count). The average molecular weight is 431 g/mol. The first-order valence-corrected chi connectivity index (χ1v) is 10.7. The highest BCUT2D eigenvalue weighted by molar-refractivity contribution is 7.17. The molecule has 0 aliphatic rings. The Morgan fingerprint density at radius 3 is 2.68 bits per heavy atom. The zero-order valence-electron chi connectivity index (χ0n) is 16.5. The van der Waals surface area contributed by atoms with Crippen LogP contribution in [0.25, 0.3) is 10.2 Å². The van der Waals surface area contributed by atoms with Crippen LogP contribution in [-0.2, 0) is 13.1 Å². The van der Waals surface area contributed by atoms with E-state index in [2.05, 4.69) is 22.5 Å². The van der Waals surface area contributed by atoms with Gasteiger partial charge in [-0.1, -0.05) is 42.5 Å². The standard InChI is InChI=1S/C24H19FN4OS/c25-19-8-4-7-18(11-19)14-28-16-20(13-26-28)27-24(30)22-12-23-21(9-10-31-23)29(22)15-17-5-2-1-3-6-17/h1-13,16H,14-15H2,(H,27,30). The van der Waals surface area contributed by atoms with Crippen molar-refractivity contribution in [1.82, 2.24) is 14.3 Å². The Morgan fingerprint density at radius 2 is 1.84 bits per heavy atom. The maximum atomic E-state index is 13.4. The van der Waals surface area contributed by atoms with Gasteiger partial charge in [-0.2, -0.15) is 5.10 Å². The molecule has 0 atom stereocenters. The molecule has 5 aromatic rings. The van der Waals surface area contributed by atoms with Crippen LogP contribution < -0.4 is 5.32 Å². The highest BCUT2D eigenvalue weighted by atomic mass is 32.1. The van der Waals surface area contributed by atoms with Crippen LogP contribution in [0.15, 0.2) is 84.5 Å². The van der Waals surface area contributed by atoms with Gasteiger partial charge in [0.2, 0.25) is 0 Å². The minimum absolute atomic E-state index is 0.190. The molecule has 2 aromatic carbocycles. The van der Waals surface area contributed by atoms with E-state index in [0.29, 0.717) is 24.5 Å². The number of carbonyl (C=O) groups is 1. The van der Waals surface area contributed by atoms with Crippen molar-refractivity contribution in [3.8, 4) is 0 Å². The quantitative estimate of drug-likeness (QED) is 0.393. The van der Waals surface area contributed by atoms with Crippen molar-refractivity contribution in [2.45, 2.75) is 13.1 Å². The van der Waals surface area contributed by atoms with Gasteiger partial charge < -0.3 is 9.88 Å². The summed E-state index contributed by atoms with van der Waals surface area (Å²) in [7, 11) is 0. The first kappa shape index (κ1) is 19.3. The van der Waals surface area contributed by atoms with Gasteiger partial charge in [0.25, 0.3) is 5.91 Å². The molecule has 154 valence electrons. The summed E-state index contributed by atoms with van der Waals surface area (Å²) in [6.07, 6.45) is 3.35. The van der Waals surface area contributed by atoms with E-state index in [0.717, 1.165) is 21.3 Å². The van der Waals surface area contributed by atoms with Crippen LogP contribution in [0, 0.1) is 5.82 Å². The Balaban J connectivity index is 1.37. The van der Waals surface area contributed by atoms with E-state index in [9.17, 15) is 9.18 Å². The first-order valence-electron chi connectivity index (χ1n) is 9.84. The van der Waals surface area contributed by atoms with Gasteiger partial charge in [-0.3, -0.25) is 9.48 Å².